The zero-order valence-corrected chi connectivity index (χ0v) is 12.2. The van der Waals surface area contributed by atoms with E-state index in [1.165, 1.54) is 0 Å². The molecule has 0 bridgehead atoms. The summed E-state index contributed by atoms with van der Waals surface area (Å²) in [6, 6.07) is 9.47. The van der Waals surface area contributed by atoms with Crippen LogP contribution in [0.3, 0.4) is 0 Å². The number of hydrogen-bond donors (Lipinski definition) is 2. The summed E-state index contributed by atoms with van der Waals surface area (Å²) in [5.74, 6) is 5.64. The molecule has 1 unspecified atom stereocenters. The van der Waals surface area contributed by atoms with Crippen LogP contribution in [0.15, 0.2) is 41.0 Å². The largest absolute Gasteiger partial charge is 0.271 e. The first-order valence-corrected chi connectivity index (χ1v) is 6.63. The van der Waals surface area contributed by atoms with Gasteiger partial charge in [-0.15, -0.1) is 0 Å². The molecule has 0 radical (unpaired) electrons. The van der Waals surface area contributed by atoms with Crippen LogP contribution < -0.4 is 11.3 Å². The van der Waals surface area contributed by atoms with Crippen LogP contribution >= 0.6 is 27.5 Å². The van der Waals surface area contributed by atoms with Gasteiger partial charge >= 0.3 is 0 Å². The van der Waals surface area contributed by atoms with Crippen LogP contribution in [0, 0.1) is 6.92 Å². The fraction of sp³-hybridized carbons (Fsp3) is 0.154. The fourth-order valence-electron chi connectivity index (χ4n) is 1.73. The minimum atomic E-state index is -0.196. The van der Waals surface area contributed by atoms with Crippen molar-refractivity contribution in [1.29, 1.82) is 0 Å². The van der Waals surface area contributed by atoms with Gasteiger partial charge in [0.1, 0.15) is 0 Å². The Morgan fingerprint density at radius 1 is 1.39 bits per heavy atom. The molecule has 2 aromatic rings. The van der Waals surface area contributed by atoms with E-state index in [1.54, 1.807) is 6.20 Å². The Labute approximate surface area is 119 Å². The molecule has 2 rings (SSSR count). The van der Waals surface area contributed by atoms with E-state index in [1.807, 2.05) is 37.3 Å². The van der Waals surface area contributed by atoms with Crippen molar-refractivity contribution in [3.05, 3.63) is 62.8 Å². The highest BCUT2D eigenvalue weighted by Gasteiger charge is 2.17. The van der Waals surface area contributed by atoms with Gasteiger partial charge in [0.05, 0.1) is 11.7 Å². The zero-order chi connectivity index (χ0) is 13.1. The summed E-state index contributed by atoms with van der Waals surface area (Å²) in [6.07, 6.45) is 1.74. The fourth-order valence-corrected chi connectivity index (χ4v) is 2.40. The molecule has 3 N–H and O–H groups in total. The number of aryl methyl sites for hydroxylation is 1. The van der Waals surface area contributed by atoms with E-state index < -0.39 is 0 Å². The minimum absolute atomic E-state index is 0.196. The molecule has 1 atom stereocenters. The van der Waals surface area contributed by atoms with E-state index in [4.69, 9.17) is 17.4 Å². The van der Waals surface area contributed by atoms with Gasteiger partial charge in [-0.1, -0.05) is 23.7 Å². The quantitative estimate of drug-likeness (QED) is 0.672. The summed E-state index contributed by atoms with van der Waals surface area (Å²) < 4.78 is 0.907. The molecule has 0 spiro atoms. The molecule has 0 saturated carbocycles. The Morgan fingerprint density at radius 3 is 2.78 bits per heavy atom. The maximum atomic E-state index is 6.14. The number of aromatic nitrogens is 1. The number of rotatable bonds is 3. The average Bonchev–Trinajstić information content (AvgIpc) is 2.37. The summed E-state index contributed by atoms with van der Waals surface area (Å²) in [6.45, 7) is 1.97. The van der Waals surface area contributed by atoms with Gasteiger partial charge in [0.25, 0.3) is 0 Å². The number of nitrogens with zero attached hydrogens (tertiary/aromatic N) is 1. The topological polar surface area (TPSA) is 50.9 Å². The van der Waals surface area contributed by atoms with Crippen molar-refractivity contribution in [2.75, 3.05) is 0 Å². The predicted octanol–water partition coefficient (Wildman–Crippen LogP) is 3.36. The van der Waals surface area contributed by atoms with Crippen molar-refractivity contribution < 1.29 is 0 Å². The van der Waals surface area contributed by atoms with Gasteiger partial charge in [-0.2, -0.15) is 0 Å². The number of halogens is 2. The van der Waals surface area contributed by atoms with Crippen LogP contribution in [-0.4, -0.2) is 4.98 Å². The molecular formula is C13H13BrClN3. The van der Waals surface area contributed by atoms with Crippen molar-refractivity contribution in [3.63, 3.8) is 0 Å². The summed E-state index contributed by atoms with van der Waals surface area (Å²) in [4.78, 5) is 4.35. The number of hydrogen-bond acceptors (Lipinski definition) is 3. The first kappa shape index (κ1) is 13.5. The lowest BCUT2D eigenvalue weighted by Crippen LogP contribution is -2.29. The van der Waals surface area contributed by atoms with Crippen LogP contribution in [-0.2, 0) is 0 Å². The summed E-state index contributed by atoms with van der Waals surface area (Å²) in [7, 11) is 0. The van der Waals surface area contributed by atoms with Gasteiger partial charge < -0.3 is 0 Å². The molecule has 1 aromatic heterocycles. The number of benzene rings is 1. The molecule has 0 saturated heterocycles. The highest BCUT2D eigenvalue weighted by Crippen LogP contribution is 2.28. The minimum Gasteiger partial charge on any atom is -0.271 e. The highest BCUT2D eigenvalue weighted by atomic mass is 79.9. The van der Waals surface area contributed by atoms with Crippen LogP contribution in [0.25, 0.3) is 0 Å². The Balaban J connectivity index is 2.45. The van der Waals surface area contributed by atoms with E-state index in [0.717, 1.165) is 26.3 Å². The zero-order valence-electron chi connectivity index (χ0n) is 9.82. The molecular weight excluding hydrogens is 314 g/mol. The smallest absolute Gasteiger partial charge is 0.0893 e. The molecule has 0 aliphatic carbocycles. The molecule has 1 aromatic carbocycles. The lowest BCUT2D eigenvalue weighted by atomic mass is 10.0. The third-order valence-corrected chi connectivity index (χ3v) is 3.83. The lowest BCUT2D eigenvalue weighted by Gasteiger charge is -2.17. The van der Waals surface area contributed by atoms with Crippen LogP contribution in [0.1, 0.15) is 22.9 Å². The van der Waals surface area contributed by atoms with Crippen LogP contribution in [0.5, 0.6) is 0 Å². The molecule has 1 heterocycles. The van der Waals surface area contributed by atoms with Gasteiger partial charge in [-0.05, 0) is 52.2 Å². The van der Waals surface area contributed by atoms with Crippen molar-refractivity contribution in [1.82, 2.24) is 10.4 Å². The highest BCUT2D eigenvalue weighted by molar-refractivity contribution is 9.10. The Morgan fingerprint density at radius 2 is 2.17 bits per heavy atom. The normalized spacial score (nSPS) is 12.4. The number of hydrazine groups is 1. The number of pyridine rings is 1. The number of nitrogens with two attached hydrogens (primary N) is 1. The Bertz CT molecular complexity index is 560. The third kappa shape index (κ3) is 2.72. The molecule has 18 heavy (non-hydrogen) atoms. The summed E-state index contributed by atoms with van der Waals surface area (Å²) in [5, 5.41) is 0.722. The van der Waals surface area contributed by atoms with E-state index in [0.29, 0.717) is 0 Å². The van der Waals surface area contributed by atoms with Crippen molar-refractivity contribution in [3.8, 4) is 0 Å². The third-order valence-electron chi connectivity index (χ3n) is 2.76. The Hall–Kier alpha value is -0.940. The first-order chi connectivity index (χ1) is 8.63. The van der Waals surface area contributed by atoms with Crippen LogP contribution in [0.2, 0.25) is 5.02 Å². The van der Waals surface area contributed by atoms with E-state index >= 15 is 0 Å². The maximum Gasteiger partial charge on any atom is 0.0893 e. The standard InChI is InChI=1S/C13H13BrClN3/c1-8-4-5-9(7-11(8)15)12(18-16)13-10(14)3-2-6-17-13/h2-7,12,18H,16H2,1H3. The lowest BCUT2D eigenvalue weighted by molar-refractivity contribution is 0.618. The average molecular weight is 327 g/mol. The first-order valence-electron chi connectivity index (χ1n) is 5.46. The van der Waals surface area contributed by atoms with E-state index in [9.17, 15) is 0 Å². The van der Waals surface area contributed by atoms with E-state index in [-0.39, 0.29) is 6.04 Å². The van der Waals surface area contributed by atoms with Crippen LogP contribution in [0.4, 0.5) is 0 Å². The SMILES string of the molecule is Cc1ccc(C(NN)c2ncccc2Br)cc1Cl. The molecule has 94 valence electrons. The second kappa shape index (κ2) is 5.80. The molecule has 0 fully saturated rings. The van der Waals surface area contributed by atoms with Crippen molar-refractivity contribution in [2.45, 2.75) is 13.0 Å². The van der Waals surface area contributed by atoms with Crippen molar-refractivity contribution in [2.24, 2.45) is 5.84 Å². The maximum absolute atomic E-state index is 6.14. The van der Waals surface area contributed by atoms with Gasteiger partial charge in [-0.25, -0.2) is 5.43 Å². The second-order valence-corrected chi connectivity index (χ2v) is 5.24. The summed E-state index contributed by atoms with van der Waals surface area (Å²) in [5.41, 5.74) is 5.62. The molecule has 0 amide bonds. The number of nitrogens with one attached hydrogen (secondary N) is 1. The molecule has 3 nitrogen and oxygen atoms in total. The molecule has 0 aliphatic heterocycles. The van der Waals surface area contributed by atoms with E-state index in [2.05, 4.69) is 26.3 Å². The van der Waals surface area contributed by atoms with Gasteiger partial charge in [0.2, 0.25) is 0 Å². The summed E-state index contributed by atoms with van der Waals surface area (Å²) >= 11 is 9.62. The Kier molecular flexibility index (Phi) is 4.35. The monoisotopic (exact) mass is 325 g/mol. The molecule has 5 heteroatoms. The second-order valence-electron chi connectivity index (χ2n) is 3.98. The molecule has 0 aliphatic rings. The van der Waals surface area contributed by atoms with Gasteiger partial charge in [-0.3, -0.25) is 10.8 Å². The van der Waals surface area contributed by atoms with Gasteiger partial charge in [0, 0.05) is 15.7 Å². The van der Waals surface area contributed by atoms with Gasteiger partial charge in [0.15, 0.2) is 0 Å². The van der Waals surface area contributed by atoms with Crippen molar-refractivity contribution >= 4 is 27.5 Å². The predicted molar refractivity (Wildman–Crippen MR) is 77.3 cm³/mol.